The molecule has 0 saturated carbocycles. The number of carbonyl (C=O) groups is 1. The number of halogens is 4. The van der Waals surface area contributed by atoms with Crippen molar-refractivity contribution in [3.63, 3.8) is 0 Å². The molecule has 0 aliphatic heterocycles. The number of hydrogen-bond donors (Lipinski definition) is 1. The van der Waals surface area contributed by atoms with Gasteiger partial charge in [0.2, 0.25) is 0 Å². The number of nitrogen functional groups attached to an aromatic ring is 1. The van der Waals surface area contributed by atoms with E-state index in [1.807, 2.05) is 0 Å². The van der Waals surface area contributed by atoms with Crippen molar-refractivity contribution in [3.8, 4) is 0 Å². The van der Waals surface area contributed by atoms with Gasteiger partial charge in [-0.1, -0.05) is 11.6 Å². The molecule has 2 N–H and O–H groups in total. The van der Waals surface area contributed by atoms with Crippen LogP contribution >= 0.6 is 11.6 Å². The fraction of sp³-hybridized carbons (Fsp3) is 0.364. The summed E-state index contributed by atoms with van der Waals surface area (Å²) in [4.78, 5) is 11.5. The van der Waals surface area contributed by atoms with Crippen LogP contribution < -0.4 is 5.73 Å². The van der Waals surface area contributed by atoms with E-state index in [1.54, 1.807) is 0 Å². The zero-order chi connectivity index (χ0) is 14.5. The van der Waals surface area contributed by atoms with Gasteiger partial charge in [-0.2, -0.15) is 13.2 Å². The smallest absolute Gasteiger partial charge is 0.411 e. The Morgan fingerprint density at radius 2 is 1.95 bits per heavy atom. The molecule has 0 spiro atoms. The first-order chi connectivity index (χ1) is 8.78. The van der Waals surface area contributed by atoms with Crippen molar-refractivity contribution in [3.05, 3.63) is 28.8 Å². The van der Waals surface area contributed by atoms with E-state index in [1.165, 1.54) is 18.2 Å². The lowest BCUT2D eigenvalue weighted by atomic mass is 10.2. The molecule has 1 aromatic rings. The molecule has 0 fully saturated rings. The number of alkyl halides is 3. The molecule has 1 aromatic carbocycles. The Balaban J connectivity index is 2.35. The third kappa shape index (κ3) is 6.30. The summed E-state index contributed by atoms with van der Waals surface area (Å²) in [5.74, 6) is -0.732. The summed E-state index contributed by atoms with van der Waals surface area (Å²) in [7, 11) is 0. The molecular weight excluding hydrogens is 287 g/mol. The topological polar surface area (TPSA) is 61.6 Å². The second-order valence-corrected chi connectivity index (χ2v) is 4.01. The summed E-state index contributed by atoms with van der Waals surface area (Å²) in [5, 5.41) is 0.264. The lowest BCUT2D eigenvalue weighted by Gasteiger charge is -2.08. The molecule has 0 saturated heterocycles. The van der Waals surface area contributed by atoms with Crippen LogP contribution in [-0.4, -0.2) is 32.0 Å². The number of hydrogen-bond acceptors (Lipinski definition) is 4. The highest BCUT2D eigenvalue weighted by Crippen LogP contribution is 2.17. The third-order valence-corrected chi connectivity index (χ3v) is 2.10. The van der Waals surface area contributed by atoms with Gasteiger partial charge in [-0.15, -0.1) is 0 Å². The Bertz CT molecular complexity index is 431. The first-order valence-electron chi connectivity index (χ1n) is 5.15. The molecule has 1 rings (SSSR count). The first kappa shape index (κ1) is 15.6. The minimum atomic E-state index is -4.40. The minimum absolute atomic E-state index is 0.126. The predicted octanol–water partition coefficient (Wildman–Crippen LogP) is 2.66. The van der Waals surface area contributed by atoms with E-state index in [0.717, 1.165) is 0 Å². The molecule has 0 amide bonds. The second-order valence-electron chi connectivity index (χ2n) is 3.58. The average Bonchev–Trinajstić information content (AvgIpc) is 2.25. The molecule has 0 heterocycles. The van der Waals surface area contributed by atoms with Gasteiger partial charge < -0.3 is 15.2 Å². The average molecular weight is 298 g/mol. The molecule has 4 nitrogen and oxygen atoms in total. The van der Waals surface area contributed by atoms with Gasteiger partial charge in [0.25, 0.3) is 0 Å². The largest absolute Gasteiger partial charge is 0.460 e. The number of benzene rings is 1. The maximum absolute atomic E-state index is 11.7. The molecule has 0 aromatic heterocycles. The first-order valence-corrected chi connectivity index (χ1v) is 5.53. The number of rotatable bonds is 5. The molecule has 0 aliphatic carbocycles. The monoisotopic (exact) mass is 297 g/mol. The zero-order valence-electron chi connectivity index (χ0n) is 9.67. The molecule has 0 atom stereocenters. The van der Waals surface area contributed by atoms with E-state index >= 15 is 0 Å². The van der Waals surface area contributed by atoms with E-state index in [9.17, 15) is 18.0 Å². The summed E-state index contributed by atoms with van der Waals surface area (Å²) in [6.45, 7) is -2.02. The normalized spacial score (nSPS) is 11.4. The molecule has 0 aliphatic rings. The van der Waals surface area contributed by atoms with Gasteiger partial charge in [-0.3, -0.25) is 0 Å². The van der Waals surface area contributed by atoms with Gasteiger partial charge in [0, 0.05) is 10.7 Å². The number of carbonyl (C=O) groups excluding carboxylic acids is 1. The van der Waals surface area contributed by atoms with Crippen molar-refractivity contribution >= 4 is 23.3 Å². The number of nitrogens with two attached hydrogens (primary N) is 1. The van der Waals surface area contributed by atoms with E-state index in [2.05, 4.69) is 4.74 Å². The Morgan fingerprint density at radius 3 is 2.53 bits per heavy atom. The summed E-state index contributed by atoms with van der Waals surface area (Å²) in [6, 6.07) is 4.15. The summed E-state index contributed by atoms with van der Waals surface area (Å²) >= 11 is 5.69. The molecule has 19 heavy (non-hydrogen) atoms. The SMILES string of the molecule is Nc1cc(Cl)cc(C(=O)OCCOCC(F)(F)F)c1. The standard InChI is InChI=1S/C11H11ClF3NO3/c12-8-3-7(4-9(16)5-8)10(17)19-2-1-18-6-11(13,14)15/h3-5H,1-2,6,16H2. The Morgan fingerprint density at radius 1 is 1.26 bits per heavy atom. The molecule has 8 heteroatoms. The van der Waals surface area contributed by atoms with Crippen molar-refractivity contribution in [2.24, 2.45) is 0 Å². The van der Waals surface area contributed by atoms with Crippen molar-refractivity contribution in [1.82, 2.24) is 0 Å². The van der Waals surface area contributed by atoms with Crippen LogP contribution in [0.15, 0.2) is 18.2 Å². The van der Waals surface area contributed by atoms with Gasteiger partial charge in [0.05, 0.1) is 12.2 Å². The van der Waals surface area contributed by atoms with Crippen LogP contribution in [0.3, 0.4) is 0 Å². The Labute approximate surface area is 112 Å². The van der Waals surface area contributed by atoms with Crippen LogP contribution in [0.5, 0.6) is 0 Å². The molecule has 0 bridgehead atoms. The van der Waals surface area contributed by atoms with Gasteiger partial charge in [-0.05, 0) is 18.2 Å². The summed E-state index contributed by atoms with van der Waals surface area (Å²) in [6.07, 6.45) is -4.40. The van der Waals surface area contributed by atoms with Crippen LogP contribution in [0.2, 0.25) is 5.02 Å². The van der Waals surface area contributed by atoms with Crippen molar-refractivity contribution < 1.29 is 27.4 Å². The number of anilines is 1. The lowest BCUT2D eigenvalue weighted by molar-refractivity contribution is -0.175. The van der Waals surface area contributed by atoms with E-state index in [-0.39, 0.29) is 29.5 Å². The maximum Gasteiger partial charge on any atom is 0.411 e. The molecule has 0 radical (unpaired) electrons. The summed E-state index contributed by atoms with van der Waals surface area (Å²) < 4.78 is 44.2. The van der Waals surface area contributed by atoms with Gasteiger partial charge in [-0.25, -0.2) is 4.79 Å². The highest BCUT2D eigenvalue weighted by molar-refractivity contribution is 6.31. The van der Waals surface area contributed by atoms with E-state index in [4.69, 9.17) is 22.1 Å². The second kappa shape index (κ2) is 6.63. The van der Waals surface area contributed by atoms with Crippen molar-refractivity contribution in [1.29, 1.82) is 0 Å². The van der Waals surface area contributed by atoms with Crippen molar-refractivity contribution in [2.45, 2.75) is 6.18 Å². The predicted molar refractivity (Wildman–Crippen MR) is 63.0 cm³/mol. The molecule has 0 unspecified atom stereocenters. The van der Waals surface area contributed by atoms with Crippen LogP contribution in [0.4, 0.5) is 18.9 Å². The quantitative estimate of drug-likeness (QED) is 0.515. The van der Waals surface area contributed by atoms with Crippen molar-refractivity contribution in [2.75, 3.05) is 25.6 Å². The zero-order valence-corrected chi connectivity index (χ0v) is 10.4. The fourth-order valence-electron chi connectivity index (χ4n) is 1.19. The highest BCUT2D eigenvalue weighted by Gasteiger charge is 2.27. The van der Waals surface area contributed by atoms with Gasteiger partial charge >= 0.3 is 12.1 Å². The van der Waals surface area contributed by atoms with Crippen LogP contribution in [-0.2, 0) is 9.47 Å². The third-order valence-electron chi connectivity index (χ3n) is 1.88. The minimum Gasteiger partial charge on any atom is -0.460 e. The number of ether oxygens (including phenoxy) is 2. The van der Waals surface area contributed by atoms with E-state index < -0.39 is 18.8 Å². The van der Waals surface area contributed by atoms with Crippen LogP contribution in [0.25, 0.3) is 0 Å². The van der Waals surface area contributed by atoms with Crippen LogP contribution in [0.1, 0.15) is 10.4 Å². The fourth-order valence-corrected chi connectivity index (χ4v) is 1.44. The lowest BCUT2D eigenvalue weighted by Crippen LogP contribution is -2.19. The molecule has 106 valence electrons. The summed E-state index contributed by atoms with van der Waals surface area (Å²) in [5.41, 5.74) is 5.89. The maximum atomic E-state index is 11.7. The van der Waals surface area contributed by atoms with Crippen LogP contribution in [0, 0.1) is 0 Å². The van der Waals surface area contributed by atoms with Gasteiger partial charge in [0.15, 0.2) is 0 Å². The highest BCUT2D eigenvalue weighted by atomic mass is 35.5. The van der Waals surface area contributed by atoms with Gasteiger partial charge in [0.1, 0.15) is 13.2 Å². The number of esters is 1. The Hall–Kier alpha value is -1.47. The van der Waals surface area contributed by atoms with E-state index in [0.29, 0.717) is 0 Å². The Kier molecular flexibility index (Phi) is 5.44. The molecular formula is C11H11ClF3NO3.